The van der Waals surface area contributed by atoms with Crippen molar-refractivity contribution in [2.45, 2.75) is 32.3 Å². The van der Waals surface area contributed by atoms with Crippen LogP contribution in [0.15, 0.2) is 73.4 Å². The van der Waals surface area contributed by atoms with Crippen molar-refractivity contribution in [3.8, 4) is 5.75 Å². The van der Waals surface area contributed by atoms with Crippen LogP contribution in [0.4, 0.5) is 18.0 Å². The van der Waals surface area contributed by atoms with E-state index in [2.05, 4.69) is 14.6 Å². The molecule has 0 saturated carbocycles. The van der Waals surface area contributed by atoms with Crippen LogP contribution < -0.4 is 16.0 Å². The molecule has 4 rings (SSSR count). The number of fused-ring (bicyclic) bond motifs is 1. The van der Waals surface area contributed by atoms with Crippen LogP contribution in [0.5, 0.6) is 5.75 Å². The molecular formula is C24H23F3N4O6. The summed E-state index contributed by atoms with van der Waals surface area (Å²) in [6.45, 7) is 3.92. The lowest BCUT2D eigenvalue weighted by Crippen LogP contribution is -2.44. The van der Waals surface area contributed by atoms with Crippen molar-refractivity contribution >= 4 is 17.1 Å². The zero-order chi connectivity index (χ0) is 26.6. The molecule has 0 radical (unpaired) electrons. The van der Waals surface area contributed by atoms with Gasteiger partial charge in [-0.2, -0.15) is 0 Å². The van der Waals surface area contributed by atoms with Crippen LogP contribution in [0.3, 0.4) is 0 Å². The quantitative estimate of drug-likeness (QED) is 0.503. The monoisotopic (exact) mass is 520 g/mol. The Morgan fingerprint density at radius 2 is 1.86 bits per heavy atom. The summed E-state index contributed by atoms with van der Waals surface area (Å²) in [5.74, 6) is -0.684. The molecule has 10 nitrogen and oxygen atoms in total. The molecule has 1 aliphatic rings. The molecule has 1 aliphatic heterocycles. The van der Waals surface area contributed by atoms with E-state index in [1.165, 1.54) is 4.90 Å². The molecule has 1 fully saturated rings. The van der Waals surface area contributed by atoms with Crippen LogP contribution in [-0.4, -0.2) is 57.6 Å². The number of ether oxygens (including phenoxy) is 1. The van der Waals surface area contributed by atoms with E-state index < -0.39 is 35.0 Å². The Labute approximate surface area is 207 Å². The summed E-state index contributed by atoms with van der Waals surface area (Å²) < 4.78 is 53.0. The van der Waals surface area contributed by atoms with E-state index in [0.29, 0.717) is 30.8 Å². The molecule has 3 heterocycles. The van der Waals surface area contributed by atoms with Crippen molar-refractivity contribution < 1.29 is 31.6 Å². The fraction of sp³-hybridized carbons (Fsp3) is 0.333. The number of nitrogens with zero attached hydrogens (tertiary/aromatic N) is 4. The van der Waals surface area contributed by atoms with Gasteiger partial charge in [0.2, 0.25) is 0 Å². The lowest BCUT2D eigenvalue weighted by molar-refractivity contribution is -0.274. The lowest BCUT2D eigenvalue weighted by Gasteiger charge is -2.27. The first-order valence-electron chi connectivity index (χ1n) is 11.4. The number of pyridine rings is 1. The van der Waals surface area contributed by atoms with Crippen LogP contribution in [0.1, 0.15) is 18.9 Å². The van der Waals surface area contributed by atoms with Crippen LogP contribution in [-0.2, 0) is 6.54 Å². The summed E-state index contributed by atoms with van der Waals surface area (Å²) in [5, 5.41) is 0. The van der Waals surface area contributed by atoms with E-state index in [-0.39, 0.29) is 18.1 Å². The first kappa shape index (κ1) is 25.9. The number of carbonyl (C=O) groups excluding carboxylic acids is 1. The topological polar surface area (TPSA) is 111 Å². The normalized spacial score (nSPS) is 15.9. The standard InChI is InChI=1S/C24H23F3N4O6/c1-2-30(17-9-12-29(15-17)14-16-7-10-28-11-8-16)23(34)31-19-4-3-18(36-24(25,26)27)13-20(19)35-21(32)5-6-22(33)37-31/h3-8,10-11,13,17H,2,9,12,14-15H2,1H3. The van der Waals surface area contributed by atoms with Crippen LogP contribution in [0.25, 0.3) is 11.1 Å². The summed E-state index contributed by atoms with van der Waals surface area (Å²) in [4.78, 5) is 45.6. The molecule has 13 heteroatoms. The molecule has 1 aromatic carbocycles. The van der Waals surface area contributed by atoms with Gasteiger partial charge in [0.15, 0.2) is 5.58 Å². The number of hydrogen-bond donors (Lipinski definition) is 0. The Kier molecular flexibility index (Phi) is 7.62. The van der Waals surface area contributed by atoms with Crippen molar-refractivity contribution in [3.05, 3.63) is 81.3 Å². The number of likely N-dealkylation sites (N-methyl/N-ethyl adjacent to an activating group) is 1. The van der Waals surface area contributed by atoms with Gasteiger partial charge in [-0.15, -0.1) is 17.9 Å². The van der Waals surface area contributed by atoms with Gasteiger partial charge in [0, 0.05) is 62.8 Å². The molecular weight excluding hydrogens is 497 g/mol. The highest BCUT2D eigenvalue weighted by Crippen LogP contribution is 2.26. The van der Waals surface area contributed by atoms with E-state index in [1.807, 2.05) is 12.1 Å². The minimum absolute atomic E-state index is 0.236. The number of rotatable bonds is 5. The molecule has 37 heavy (non-hydrogen) atoms. The molecule has 1 amide bonds. The summed E-state index contributed by atoms with van der Waals surface area (Å²) in [5.41, 5.74) is -1.73. The number of hydrogen-bond acceptors (Lipinski definition) is 8. The minimum atomic E-state index is -5.00. The molecule has 0 spiro atoms. The third-order valence-electron chi connectivity index (χ3n) is 5.73. The van der Waals surface area contributed by atoms with Gasteiger partial charge in [-0.3, -0.25) is 9.88 Å². The second kappa shape index (κ2) is 10.9. The van der Waals surface area contributed by atoms with Crippen molar-refractivity contribution in [3.63, 3.8) is 0 Å². The van der Waals surface area contributed by atoms with Gasteiger partial charge in [-0.1, -0.05) is 0 Å². The zero-order valence-electron chi connectivity index (χ0n) is 19.7. The van der Waals surface area contributed by atoms with Gasteiger partial charge in [-0.05, 0) is 43.2 Å². The average molecular weight is 520 g/mol. The Morgan fingerprint density at radius 3 is 2.57 bits per heavy atom. The van der Waals surface area contributed by atoms with Gasteiger partial charge in [0.25, 0.3) is 0 Å². The number of likely N-dealkylation sites (tertiary alicyclic amines) is 1. The highest BCUT2D eigenvalue weighted by atomic mass is 19.4. The fourth-order valence-electron chi connectivity index (χ4n) is 4.15. The number of benzene rings is 1. The summed E-state index contributed by atoms with van der Waals surface area (Å²) in [6.07, 6.45) is -0.949. The van der Waals surface area contributed by atoms with E-state index >= 15 is 0 Å². The van der Waals surface area contributed by atoms with E-state index in [9.17, 15) is 27.6 Å². The SMILES string of the molecule is CCN(C(=O)n1oc(=O)ccc(=O)oc2cc(OC(F)(F)F)ccc21)C1CCN(Cc2ccncc2)C1. The van der Waals surface area contributed by atoms with E-state index in [0.717, 1.165) is 35.9 Å². The Morgan fingerprint density at radius 1 is 1.14 bits per heavy atom. The first-order chi connectivity index (χ1) is 17.6. The lowest BCUT2D eigenvalue weighted by atomic mass is 10.2. The largest absolute Gasteiger partial charge is 0.573 e. The average Bonchev–Trinajstić information content (AvgIpc) is 3.30. The zero-order valence-corrected chi connectivity index (χ0v) is 19.7. The fourth-order valence-corrected chi connectivity index (χ4v) is 4.15. The molecule has 0 N–H and O–H groups in total. The van der Waals surface area contributed by atoms with Crippen LogP contribution in [0.2, 0.25) is 0 Å². The van der Waals surface area contributed by atoms with Crippen LogP contribution in [0, 0.1) is 0 Å². The van der Waals surface area contributed by atoms with Crippen molar-refractivity contribution in [2.24, 2.45) is 0 Å². The summed E-state index contributed by atoms with van der Waals surface area (Å²) in [6, 6.07) is 7.06. The number of halogens is 3. The maximum atomic E-state index is 13.6. The molecule has 1 unspecified atom stereocenters. The highest BCUT2D eigenvalue weighted by Gasteiger charge is 2.33. The van der Waals surface area contributed by atoms with E-state index in [4.69, 9.17) is 8.94 Å². The number of amides is 1. The molecule has 196 valence electrons. The first-order valence-corrected chi connectivity index (χ1v) is 11.4. The maximum Gasteiger partial charge on any atom is 0.573 e. The van der Waals surface area contributed by atoms with Gasteiger partial charge in [-0.25, -0.2) is 14.4 Å². The van der Waals surface area contributed by atoms with Crippen molar-refractivity contribution in [1.29, 1.82) is 0 Å². The van der Waals surface area contributed by atoms with Crippen LogP contribution >= 0.6 is 0 Å². The number of alkyl halides is 3. The Hall–Kier alpha value is -4.13. The van der Waals surface area contributed by atoms with Crippen molar-refractivity contribution in [1.82, 2.24) is 19.5 Å². The molecule has 1 saturated heterocycles. The predicted octanol–water partition coefficient (Wildman–Crippen LogP) is 3.53. The second-order valence-corrected chi connectivity index (χ2v) is 8.24. The molecule has 0 aliphatic carbocycles. The molecule has 1 atom stereocenters. The summed E-state index contributed by atoms with van der Waals surface area (Å²) in [7, 11) is 0. The Balaban J connectivity index is 1.72. The Bertz CT molecular complexity index is 1430. The third-order valence-corrected chi connectivity index (χ3v) is 5.73. The molecule has 2 aromatic heterocycles. The van der Waals surface area contributed by atoms with Gasteiger partial charge in [0.1, 0.15) is 11.3 Å². The molecule has 3 aromatic rings. The minimum Gasteiger partial charge on any atom is -0.421 e. The maximum absolute atomic E-state index is 13.6. The highest BCUT2D eigenvalue weighted by molar-refractivity contribution is 5.86. The summed E-state index contributed by atoms with van der Waals surface area (Å²) >= 11 is 0. The van der Waals surface area contributed by atoms with Gasteiger partial charge >= 0.3 is 23.6 Å². The van der Waals surface area contributed by atoms with Gasteiger partial charge in [0.05, 0.1) is 0 Å². The van der Waals surface area contributed by atoms with Crippen molar-refractivity contribution in [2.75, 3.05) is 19.6 Å². The van der Waals surface area contributed by atoms with E-state index in [1.54, 1.807) is 19.3 Å². The van der Waals surface area contributed by atoms with Gasteiger partial charge < -0.3 is 18.6 Å². The number of carbonyl (C=O) groups is 1. The third kappa shape index (κ3) is 6.55. The smallest absolute Gasteiger partial charge is 0.421 e. The molecule has 0 bridgehead atoms. The predicted molar refractivity (Wildman–Crippen MR) is 124 cm³/mol. The number of aromatic nitrogens is 2. The second-order valence-electron chi connectivity index (χ2n) is 8.24.